The molecule has 0 aliphatic heterocycles. The molecule has 0 saturated heterocycles. The zero-order valence-electron chi connectivity index (χ0n) is 10.7. The summed E-state index contributed by atoms with van der Waals surface area (Å²) >= 11 is 0. The number of anilines is 1. The monoisotopic (exact) mass is 259 g/mol. The van der Waals surface area contributed by atoms with Crippen LogP contribution in [0.2, 0.25) is 0 Å². The molecule has 0 aliphatic carbocycles. The summed E-state index contributed by atoms with van der Waals surface area (Å²) in [6.45, 7) is 1.87. The van der Waals surface area contributed by atoms with Gasteiger partial charge in [-0.15, -0.1) is 0 Å². The van der Waals surface area contributed by atoms with E-state index in [1.807, 2.05) is 6.92 Å². The number of benzene rings is 1. The van der Waals surface area contributed by atoms with Crippen LogP contribution in [0.15, 0.2) is 36.5 Å². The molecule has 2 rings (SSSR count). The minimum Gasteiger partial charge on any atom is -0.320 e. The number of nitrogens with one attached hydrogen (secondary N) is 1. The van der Waals surface area contributed by atoms with Crippen molar-refractivity contribution >= 4 is 17.7 Å². The molecule has 1 aromatic heterocycles. The second-order valence-corrected chi connectivity index (χ2v) is 4.14. The molecular formula is C14H14FN3O. The second kappa shape index (κ2) is 5.48. The Labute approximate surface area is 110 Å². The standard InChI is InChI=1S/C14H14FN3O/c1-10-13(9-16-18(10)2)17-14(19)8-5-11-3-6-12(15)7-4-11/h3-9H,1-2H3,(H,17,19)/b8-5+. The quantitative estimate of drug-likeness (QED) is 0.861. The van der Waals surface area contributed by atoms with Crippen molar-refractivity contribution in [1.29, 1.82) is 0 Å². The van der Waals surface area contributed by atoms with Gasteiger partial charge in [-0.3, -0.25) is 9.48 Å². The van der Waals surface area contributed by atoms with Gasteiger partial charge in [0.1, 0.15) is 5.82 Å². The van der Waals surface area contributed by atoms with Crippen LogP contribution >= 0.6 is 0 Å². The molecule has 2 aromatic rings. The molecule has 1 heterocycles. The molecule has 4 nitrogen and oxygen atoms in total. The molecule has 0 spiro atoms. The zero-order valence-corrected chi connectivity index (χ0v) is 10.7. The van der Waals surface area contributed by atoms with Crippen LogP contribution in [-0.4, -0.2) is 15.7 Å². The predicted molar refractivity (Wildman–Crippen MR) is 72.0 cm³/mol. The van der Waals surface area contributed by atoms with Gasteiger partial charge in [0, 0.05) is 13.1 Å². The highest BCUT2D eigenvalue weighted by Gasteiger charge is 2.05. The van der Waals surface area contributed by atoms with Crippen LogP contribution in [0.4, 0.5) is 10.1 Å². The van der Waals surface area contributed by atoms with Gasteiger partial charge in [0.25, 0.3) is 0 Å². The summed E-state index contributed by atoms with van der Waals surface area (Å²) in [5.74, 6) is -0.548. The fourth-order valence-corrected chi connectivity index (χ4v) is 1.54. The van der Waals surface area contributed by atoms with Crippen molar-refractivity contribution in [2.45, 2.75) is 6.92 Å². The number of carbonyl (C=O) groups excluding carboxylic acids is 1. The van der Waals surface area contributed by atoms with E-state index in [1.165, 1.54) is 18.2 Å². The van der Waals surface area contributed by atoms with Crippen molar-refractivity contribution in [3.8, 4) is 0 Å². The molecule has 1 N–H and O–H groups in total. The maximum Gasteiger partial charge on any atom is 0.248 e. The number of hydrogen-bond acceptors (Lipinski definition) is 2. The number of rotatable bonds is 3. The average molecular weight is 259 g/mol. The average Bonchev–Trinajstić information content (AvgIpc) is 2.70. The molecule has 0 bridgehead atoms. The summed E-state index contributed by atoms with van der Waals surface area (Å²) in [6.07, 6.45) is 4.62. The Bertz CT molecular complexity index is 614. The number of aromatic nitrogens is 2. The van der Waals surface area contributed by atoms with Crippen molar-refractivity contribution in [3.05, 3.63) is 53.6 Å². The summed E-state index contributed by atoms with van der Waals surface area (Å²) in [4.78, 5) is 11.7. The van der Waals surface area contributed by atoms with Gasteiger partial charge in [-0.1, -0.05) is 12.1 Å². The summed E-state index contributed by atoms with van der Waals surface area (Å²) < 4.78 is 14.4. The molecule has 0 fully saturated rings. The first kappa shape index (κ1) is 13.0. The van der Waals surface area contributed by atoms with E-state index in [1.54, 1.807) is 36.1 Å². The topological polar surface area (TPSA) is 46.9 Å². The molecule has 0 unspecified atom stereocenters. The van der Waals surface area contributed by atoms with Crippen molar-refractivity contribution < 1.29 is 9.18 Å². The van der Waals surface area contributed by atoms with E-state index in [0.29, 0.717) is 5.69 Å². The fraction of sp³-hybridized carbons (Fsp3) is 0.143. The van der Waals surface area contributed by atoms with Gasteiger partial charge in [-0.25, -0.2) is 4.39 Å². The predicted octanol–water partition coefficient (Wildman–Crippen LogP) is 2.52. The number of aryl methyl sites for hydroxylation is 1. The Morgan fingerprint density at radius 1 is 1.37 bits per heavy atom. The molecule has 5 heteroatoms. The summed E-state index contributed by atoms with van der Waals surface area (Å²) in [5.41, 5.74) is 2.32. The molecule has 1 amide bonds. The fourth-order valence-electron chi connectivity index (χ4n) is 1.54. The van der Waals surface area contributed by atoms with E-state index in [9.17, 15) is 9.18 Å². The number of halogens is 1. The van der Waals surface area contributed by atoms with Crippen LogP contribution in [0.3, 0.4) is 0 Å². The van der Waals surface area contributed by atoms with Gasteiger partial charge in [0.05, 0.1) is 17.6 Å². The highest BCUT2D eigenvalue weighted by Crippen LogP contribution is 2.12. The summed E-state index contributed by atoms with van der Waals surface area (Å²) in [7, 11) is 1.80. The van der Waals surface area contributed by atoms with Crippen molar-refractivity contribution in [2.24, 2.45) is 7.05 Å². The summed E-state index contributed by atoms with van der Waals surface area (Å²) in [6, 6.07) is 5.91. The smallest absolute Gasteiger partial charge is 0.248 e. The van der Waals surface area contributed by atoms with Crippen LogP contribution in [0.1, 0.15) is 11.3 Å². The number of nitrogens with zero attached hydrogens (tertiary/aromatic N) is 2. The minimum atomic E-state index is -0.299. The first-order valence-electron chi connectivity index (χ1n) is 5.79. The van der Waals surface area contributed by atoms with E-state index in [-0.39, 0.29) is 11.7 Å². The van der Waals surface area contributed by atoms with E-state index in [0.717, 1.165) is 11.3 Å². The van der Waals surface area contributed by atoms with Crippen LogP contribution < -0.4 is 5.32 Å². The lowest BCUT2D eigenvalue weighted by molar-refractivity contribution is -0.111. The number of amides is 1. The molecule has 19 heavy (non-hydrogen) atoms. The third-order valence-electron chi connectivity index (χ3n) is 2.79. The van der Waals surface area contributed by atoms with Crippen LogP contribution in [0.5, 0.6) is 0 Å². The van der Waals surface area contributed by atoms with Gasteiger partial charge < -0.3 is 5.32 Å². The Morgan fingerprint density at radius 3 is 2.63 bits per heavy atom. The first-order valence-corrected chi connectivity index (χ1v) is 5.79. The van der Waals surface area contributed by atoms with Crippen LogP contribution in [0, 0.1) is 12.7 Å². The second-order valence-electron chi connectivity index (χ2n) is 4.14. The minimum absolute atomic E-state index is 0.250. The molecule has 98 valence electrons. The van der Waals surface area contributed by atoms with Gasteiger partial charge >= 0.3 is 0 Å². The summed E-state index contributed by atoms with van der Waals surface area (Å²) in [5, 5.41) is 6.76. The van der Waals surface area contributed by atoms with Crippen molar-refractivity contribution in [1.82, 2.24) is 9.78 Å². The van der Waals surface area contributed by atoms with Gasteiger partial charge in [0.2, 0.25) is 5.91 Å². The van der Waals surface area contributed by atoms with Crippen molar-refractivity contribution in [2.75, 3.05) is 5.32 Å². The first-order chi connectivity index (χ1) is 9.06. The Kier molecular flexibility index (Phi) is 3.75. The third-order valence-corrected chi connectivity index (χ3v) is 2.79. The maximum absolute atomic E-state index is 12.7. The highest BCUT2D eigenvalue weighted by molar-refractivity contribution is 6.02. The Hall–Kier alpha value is -2.43. The van der Waals surface area contributed by atoms with Gasteiger partial charge in [-0.05, 0) is 30.7 Å². The van der Waals surface area contributed by atoms with E-state index >= 15 is 0 Å². The van der Waals surface area contributed by atoms with E-state index in [4.69, 9.17) is 0 Å². The lowest BCUT2D eigenvalue weighted by Gasteiger charge is -2.00. The lowest BCUT2D eigenvalue weighted by Crippen LogP contribution is -2.08. The van der Waals surface area contributed by atoms with Crippen LogP contribution in [-0.2, 0) is 11.8 Å². The molecule has 0 aliphatic rings. The number of carbonyl (C=O) groups is 1. The van der Waals surface area contributed by atoms with Crippen molar-refractivity contribution in [3.63, 3.8) is 0 Å². The largest absolute Gasteiger partial charge is 0.320 e. The maximum atomic E-state index is 12.7. The number of hydrogen-bond donors (Lipinski definition) is 1. The molecule has 0 radical (unpaired) electrons. The van der Waals surface area contributed by atoms with E-state index < -0.39 is 0 Å². The molecule has 0 atom stereocenters. The third kappa shape index (κ3) is 3.28. The zero-order chi connectivity index (χ0) is 13.8. The van der Waals surface area contributed by atoms with Gasteiger partial charge in [0.15, 0.2) is 0 Å². The lowest BCUT2D eigenvalue weighted by atomic mass is 10.2. The molecule has 0 saturated carbocycles. The van der Waals surface area contributed by atoms with E-state index in [2.05, 4.69) is 10.4 Å². The van der Waals surface area contributed by atoms with Crippen LogP contribution in [0.25, 0.3) is 6.08 Å². The SMILES string of the molecule is Cc1c(NC(=O)/C=C/c2ccc(F)cc2)cnn1C. The molecule has 1 aromatic carbocycles. The Morgan fingerprint density at radius 2 is 2.05 bits per heavy atom. The van der Waals surface area contributed by atoms with Gasteiger partial charge in [-0.2, -0.15) is 5.10 Å². The highest BCUT2D eigenvalue weighted by atomic mass is 19.1. The Balaban J connectivity index is 2.01. The molecular weight excluding hydrogens is 245 g/mol. The normalized spacial score (nSPS) is 10.9.